The summed E-state index contributed by atoms with van der Waals surface area (Å²) in [4.78, 5) is 28.3. The van der Waals surface area contributed by atoms with Crippen molar-refractivity contribution in [2.45, 2.75) is 43.9 Å². The summed E-state index contributed by atoms with van der Waals surface area (Å²) < 4.78 is 10.9. The number of anilines is 1. The van der Waals surface area contributed by atoms with Crippen LogP contribution in [0.15, 0.2) is 84.9 Å². The number of hydrogen-bond acceptors (Lipinski definition) is 5. The first-order valence-electron chi connectivity index (χ1n) is 11.2. The molecule has 2 atom stereocenters. The molecule has 1 aliphatic rings. The smallest absolute Gasteiger partial charge is 0.415 e. The highest BCUT2D eigenvalue weighted by Crippen LogP contribution is 2.51. The fourth-order valence-corrected chi connectivity index (χ4v) is 4.67. The maximum absolute atomic E-state index is 13.6. The number of esters is 1. The molecule has 6 nitrogen and oxygen atoms in total. The van der Waals surface area contributed by atoms with E-state index in [1.54, 1.807) is 69.3 Å². The molecule has 0 spiro atoms. The van der Waals surface area contributed by atoms with Crippen molar-refractivity contribution in [1.82, 2.24) is 0 Å². The number of ether oxygens (including phenoxy) is 2. The van der Waals surface area contributed by atoms with Gasteiger partial charge in [0, 0.05) is 0 Å². The van der Waals surface area contributed by atoms with Gasteiger partial charge in [-0.1, -0.05) is 78.9 Å². The van der Waals surface area contributed by atoms with Crippen LogP contribution >= 0.6 is 0 Å². The third-order valence-corrected chi connectivity index (χ3v) is 6.03. The Balaban J connectivity index is 2.02. The number of para-hydroxylation sites is 1. The standard InChI is InChI=1S/C28H29NO5/c1-27(2,3)34-26(31)29-22-18-12-11-17-21(22)23(25(30)33-4)24(29)28(32,19-13-7-5-8-14-19)20-15-9-6-10-16-20/h5-18,23-24,32H,1-4H3/t23-,24-/m0/s1. The number of carbonyl (C=O) groups is 2. The predicted octanol–water partition coefficient (Wildman–Crippen LogP) is 5.00. The van der Waals surface area contributed by atoms with Crippen molar-refractivity contribution in [3.8, 4) is 0 Å². The Morgan fingerprint density at radius 2 is 1.32 bits per heavy atom. The van der Waals surface area contributed by atoms with Gasteiger partial charge in [-0.3, -0.25) is 9.69 Å². The number of carbonyl (C=O) groups excluding carboxylic acids is 2. The third-order valence-electron chi connectivity index (χ3n) is 6.03. The Hall–Kier alpha value is -3.64. The Bertz CT molecular complexity index is 1130. The highest BCUT2D eigenvalue weighted by atomic mass is 16.6. The quantitative estimate of drug-likeness (QED) is 0.556. The van der Waals surface area contributed by atoms with E-state index in [1.165, 1.54) is 12.0 Å². The lowest BCUT2D eigenvalue weighted by Crippen LogP contribution is -2.56. The van der Waals surface area contributed by atoms with Gasteiger partial charge in [-0.05, 0) is 43.5 Å². The second kappa shape index (κ2) is 8.95. The van der Waals surface area contributed by atoms with E-state index in [9.17, 15) is 14.7 Å². The van der Waals surface area contributed by atoms with Gasteiger partial charge in [-0.15, -0.1) is 0 Å². The van der Waals surface area contributed by atoms with E-state index in [0.29, 0.717) is 22.4 Å². The predicted molar refractivity (Wildman–Crippen MR) is 130 cm³/mol. The van der Waals surface area contributed by atoms with E-state index < -0.39 is 35.2 Å². The van der Waals surface area contributed by atoms with Crippen LogP contribution in [0.1, 0.15) is 43.4 Å². The van der Waals surface area contributed by atoms with Crippen molar-refractivity contribution in [2.75, 3.05) is 12.0 Å². The summed E-state index contributed by atoms with van der Waals surface area (Å²) >= 11 is 0. The van der Waals surface area contributed by atoms with E-state index in [1.807, 2.05) is 36.4 Å². The van der Waals surface area contributed by atoms with E-state index in [-0.39, 0.29) is 0 Å². The number of aliphatic hydroxyl groups is 1. The van der Waals surface area contributed by atoms with Crippen molar-refractivity contribution in [3.05, 3.63) is 102 Å². The first kappa shape index (κ1) is 23.5. The lowest BCUT2D eigenvalue weighted by molar-refractivity contribution is -0.144. The lowest BCUT2D eigenvalue weighted by Gasteiger charge is -2.42. The summed E-state index contributed by atoms with van der Waals surface area (Å²) in [5, 5.41) is 12.6. The fourth-order valence-electron chi connectivity index (χ4n) is 4.67. The van der Waals surface area contributed by atoms with E-state index in [4.69, 9.17) is 9.47 Å². The number of amides is 1. The molecule has 4 rings (SSSR count). The molecule has 0 aliphatic carbocycles. The third kappa shape index (κ3) is 4.05. The zero-order chi connectivity index (χ0) is 24.5. The van der Waals surface area contributed by atoms with E-state index >= 15 is 0 Å². The lowest BCUT2D eigenvalue weighted by atomic mass is 9.74. The highest BCUT2D eigenvalue weighted by molar-refractivity contribution is 5.98. The largest absolute Gasteiger partial charge is 0.468 e. The van der Waals surface area contributed by atoms with Gasteiger partial charge in [-0.25, -0.2) is 4.79 Å². The summed E-state index contributed by atoms with van der Waals surface area (Å²) in [6.45, 7) is 5.33. The molecule has 1 amide bonds. The Kier molecular flexibility index (Phi) is 6.19. The van der Waals surface area contributed by atoms with Gasteiger partial charge < -0.3 is 14.6 Å². The molecule has 0 fully saturated rings. The number of rotatable bonds is 4. The van der Waals surface area contributed by atoms with Crippen molar-refractivity contribution in [3.63, 3.8) is 0 Å². The number of hydrogen-bond donors (Lipinski definition) is 1. The van der Waals surface area contributed by atoms with Crippen molar-refractivity contribution < 1.29 is 24.2 Å². The fraction of sp³-hybridized carbons (Fsp3) is 0.286. The maximum atomic E-state index is 13.6. The van der Waals surface area contributed by atoms with Crippen LogP contribution in [-0.2, 0) is 19.9 Å². The molecule has 3 aromatic rings. The van der Waals surface area contributed by atoms with Gasteiger partial charge in [0.25, 0.3) is 0 Å². The molecule has 176 valence electrons. The Morgan fingerprint density at radius 3 is 1.82 bits per heavy atom. The second-order valence-electron chi connectivity index (χ2n) is 9.35. The number of benzene rings is 3. The second-order valence-corrected chi connectivity index (χ2v) is 9.35. The van der Waals surface area contributed by atoms with E-state index in [2.05, 4.69) is 0 Å². The van der Waals surface area contributed by atoms with Crippen molar-refractivity contribution >= 4 is 17.7 Å². The van der Waals surface area contributed by atoms with Crippen LogP contribution in [-0.4, -0.2) is 35.9 Å². The Labute approximate surface area is 199 Å². The topological polar surface area (TPSA) is 76.1 Å². The molecular formula is C28H29NO5. The molecule has 3 aromatic carbocycles. The van der Waals surface area contributed by atoms with Gasteiger partial charge in [0.2, 0.25) is 0 Å². The number of nitrogens with zero attached hydrogens (tertiary/aromatic N) is 1. The minimum atomic E-state index is -1.75. The summed E-state index contributed by atoms with van der Waals surface area (Å²) in [6.07, 6.45) is -0.651. The zero-order valence-electron chi connectivity index (χ0n) is 19.8. The van der Waals surface area contributed by atoms with Gasteiger partial charge in [0.15, 0.2) is 0 Å². The average Bonchev–Trinajstić information content (AvgIpc) is 3.19. The van der Waals surface area contributed by atoms with Gasteiger partial charge >= 0.3 is 12.1 Å². The summed E-state index contributed by atoms with van der Waals surface area (Å²) in [5.74, 6) is -1.49. The monoisotopic (exact) mass is 459 g/mol. The molecule has 34 heavy (non-hydrogen) atoms. The molecular weight excluding hydrogens is 430 g/mol. The number of methoxy groups -OCH3 is 1. The molecule has 0 saturated carbocycles. The summed E-state index contributed by atoms with van der Waals surface area (Å²) in [5.41, 5.74) is -0.352. The molecule has 0 saturated heterocycles. The minimum absolute atomic E-state index is 0.502. The summed E-state index contributed by atoms with van der Waals surface area (Å²) in [6, 6.07) is 24.2. The normalized spacial score (nSPS) is 17.7. The zero-order valence-corrected chi connectivity index (χ0v) is 19.8. The molecule has 0 aromatic heterocycles. The van der Waals surface area contributed by atoms with Crippen LogP contribution in [0, 0.1) is 0 Å². The Morgan fingerprint density at radius 1 is 0.824 bits per heavy atom. The molecule has 1 heterocycles. The first-order valence-corrected chi connectivity index (χ1v) is 11.2. The number of fused-ring (bicyclic) bond motifs is 1. The molecule has 1 aliphatic heterocycles. The van der Waals surface area contributed by atoms with Crippen molar-refractivity contribution in [2.24, 2.45) is 0 Å². The van der Waals surface area contributed by atoms with Crippen molar-refractivity contribution in [1.29, 1.82) is 0 Å². The molecule has 6 heteroatoms. The maximum Gasteiger partial charge on any atom is 0.415 e. The van der Waals surface area contributed by atoms with Crippen LogP contribution in [0.4, 0.5) is 10.5 Å². The van der Waals surface area contributed by atoms with Crippen LogP contribution < -0.4 is 4.90 Å². The van der Waals surface area contributed by atoms with E-state index in [0.717, 1.165) is 0 Å². The molecule has 1 N–H and O–H groups in total. The minimum Gasteiger partial charge on any atom is -0.468 e. The first-order chi connectivity index (χ1) is 16.2. The van der Waals surface area contributed by atoms with Crippen LogP contribution in [0.3, 0.4) is 0 Å². The highest BCUT2D eigenvalue weighted by Gasteiger charge is 2.57. The average molecular weight is 460 g/mol. The summed E-state index contributed by atoms with van der Waals surface area (Å²) in [7, 11) is 1.31. The van der Waals surface area contributed by atoms with Gasteiger partial charge in [0.05, 0.1) is 18.8 Å². The SMILES string of the molecule is COC(=O)[C@H]1c2ccccc2N(C(=O)OC(C)(C)C)[C@@H]1C(O)(c1ccccc1)c1ccccc1. The molecule has 0 radical (unpaired) electrons. The molecule has 0 unspecified atom stereocenters. The van der Waals surface area contributed by atoms with Crippen LogP contribution in [0.5, 0.6) is 0 Å². The molecule has 0 bridgehead atoms. The van der Waals surface area contributed by atoms with Gasteiger partial charge in [0.1, 0.15) is 17.1 Å². The van der Waals surface area contributed by atoms with Crippen LogP contribution in [0.25, 0.3) is 0 Å². The van der Waals surface area contributed by atoms with Crippen LogP contribution in [0.2, 0.25) is 0 Å². The van der Waals surface area contributed by atoms with Gasteiger partial charge in [-0.2, -0.15) is 0 Å².